The Bertz CT molecular complexity index is 508. The quantitative estimate of drug-likeness (QED) is 0.479. The molecule has 20 heavy (non-hydrogen) atoms. The van der Waals surface area contributed by atoms with Gasteiger partial charge < -0.3 is 15.2 Å². The molecular formula is C16H25NO3. The lowest BCUT2D eigenvalue weighted by atomic mass is 9.80. The van der Waals surface area contributed by atoms with Gasteiger partial charge in [-0.05, 0) is 22.5 Å². The van der Waals surface area contributed by atoms with Gasteiger partial charge in [-0.1, -0.05) is 47.6 Å². The topological polar surface area (TPSA) is 61.5 Å². The number of hydrogen-bond donors (Lipinski definition) is 1. The molecule has 0 radical (unpaired) electrons. The maximum Gasteiger partial charge on any atom is 0.513 e. The fourth-order valence-corrected chi connectivity index (χ4v) is 1.88. The summed E-state index contributed by atoms with van der Waals surface area (Å²) in [4.78, 5) is 11.4. The Morgan fingerprint density at radius 3 is 2.00 bits per heavy atom. The zero-order valence-corrected chi connectivity index (χ0v) is 13.5. The smallest absolute Gasteiger partial charge is 0.437 e. The van der Waals surface area contributed by atoms with Crippen LogP contribution in [0.5, 0.6) is 5.75 Å². The number of methoxy groups -OCH3 is 1. The molecule has 1 aromatic carbocycles. The molecule has 0 unspecified atom stereocenters. The minimum atomic E-state index is -0.759. The van der Waals surface area contributed by atoms with E-state index in [0.29, 0.717) is 11.4 Å². The minimum Gasteiger partial charge on any atom is -0.437 e. The van der Waals surface area contributed by atoms with Gasteiger partial charge in [-0.15, -0.1) is 0 Å². The van der Waals surface area contributed by atoms with Crippen molar-refractivity contribution >= 4 is 11.8 Å². The summed E-state index contributed by atoms with van der Waals surface area (Å²) in [5.41, 5.74) is 8.32. The second kappa shape index (κ2) is 5.35. The van der Waals surface area contributed by atoms with Gasteiger partial charge in [0.05, 0.1) is 12.8 Å². The molecule has 0 aliphatic carbocycles. The number of carbonyl (C=O) groups is 1. The average Bonchev–Trinajstić information content (AvgIpc) is 2.28. The summed E-state index contributed by atoms with van der Waals surface area (Å²) in [5, 5.41) is 0. The van der Waals surface area contributed by atoms with Crippen molar-refractivity contribution in [2.24, 2.45) is 0 Å². The Morgan fingerprint density at radius 1 is 1.05 bits per heavy atom. The molecule has 0 aliphatic rings. The van der Waals surface area contributed by atoms with Crippen LogP contribution in [0.15, 0.2) is 12.1 Å². The molecule has 0 fully saturated rings. The second-order valence-electron chi connectivity index (χ2n) is 7.00. The lowest BCUT2D eigenvalue weighted by Gasteiger charge is -2.27. The fraction of sp³-hybridized carbons (Fsp3) is 0.562. The molecule has 4 nitrogen and oxygen atoms in total. The van der Waals surface area contributed by atoms with Crippen LogP contribution in [-0.4, -0.2) is 13.3 Å². The van der Waals surface area contributed by atoms with Crippen LogP contribution in [0, 0.1) is 0 Å². The lowest BCUT2D eigenvalue weighted by Crippen LogP contribution is -2.20. The monoisotopic (exact) mass is 279 g/mol. The molecule has 0 saturated carbocycles. The van der Waals surface area contributed by atoms with Gasteiger partial charge in [0.25, 0.3) is 0 Å². The minimum absolute atomic E-state index is 0.0298. The van der Waals surface area contributed by atoms with E-state index >= 15 is 0 Å². The zero-order chi connectivity index (χ0) is 15.7. The summed E-state index contributed by atoms with van der Waals surface area (Å²) < 4.78 is 9.79. The number of rotatable bonds is 1. The van der Waals surface area contributed by atoms with Crippen molar-refractivity contribution in [2.45, 2.75) is 52.4 Å². The van der Waals surface area contributed by atoms with Crippen molar-refractivity contribution in [1.82, 2.24) is 0 Å². The standard InChI is InChI=1S/C16H25NO3/c1-15(2,3)10-8-11(16(4,5)6)13(12(17)9-10)20-14(18)19-7/h8-9H,17H2,1-7H3. The molecule has 0 aliphatic heterocycles. The largest absolute Gasteiger partial charge is 0.513 e. The van der Waals surface area contributed by atoms with E-state index in [1.54, 1.807) is 0 Å². The van der Waals surface area contributed by atoms with Crippen LogP contribution in [-0.2, 0) is 15.6 Å². The maximum atomic E-state index is 11.4. The van der Waals surface area contributed by atoms with E-state index in [0.717, 1.165) is 11.1 Å². The summed E-state index contributed by atoms with van der Waals surface area (Å²) >= 11 is 0. The Balaban J connectivity index is 3.47. The first-order valence-electron chi connectivity index (χ1n) is 6.67. The first-order chi connectivity index (χ1) is 8.96. The second-order valence-corrected chi connectivity index (χ2v) is 7.00. The van der Waals surface area contributed by atoms with Crippen molar-refractivity contribution < 1.29 is 14.3 Å². The highest BCUT2D eigenvalue weighted by Gasteiger charge is 2.26. The summed E-state index contributed by atoms with van der Waals surface area (Å²) in [6.45, 7) is 12.5. The Hall–Kier alpha value is -1.71. The molecule has 0 saturated heterocycles. The highest BCUT2D eigenvalue weighted by atomic mass is 16.7. The van der Waals surface area contributed by atoms with E-state index in [9.17, 15) is 4.79 Å². The van der Waals surface area contributed by atoms with Gasteiger partial charge in [-0.2, -0.15) is 0 Å². The Kier molecular flexibility index (Phi) is 4.37. The lowest BCUT2D eigenvalue weighted by molar-refractivity contribution is 0.121. The number of benzene rings is 1. The zero-order valence-electron chi connectivity index (χ0n) is 13.5. The number of hydrogen-bond acceptors (Lipinski definition) is 4. The fourth-order valence-electron chi connectivity index (χ4n) is 1.88. The third kappa shape index (κ3) is 3.65. The highest BCUT2D eigenvalue weighted by molar-refractivity contribution is 5.71. The van der Waals surface area contributed by atoms with Crippen LogP contribution in [0.3, 0.4) is 0 Å². The van der Waals surface area contributed by atoms with Gasteiger partial charge in [0.1, 0.15) is 0 Å². The predicted molar refractivity (Wildman–Crippen MR) is 81.3 cm³/mol. The van der Waals surface area contributed by atoms with Crippen LogP contribution < -0.4 is 10.5 Å². The van der Waals surface area contributed by atoms with E-state index in [4.69, 9.17) is 10.5 Å². The van der Waals surface area contributed by atoms with Crippen molar-refractivity contribution in [1.29, 1.82) is 0 Å². The third-order valence-corrected chi connectivity index (χ3v) is 3.14. The van der Waals surface area contributed by atoms with Crippen molar-refractivity contribution in [3.63, 3.8) is 0 Å². The van der Waals surface area contributed by atoms with E-state index in [-0.39, 0.29) is 10.8 Å². The van der Waals surface area contributed by atoms with E-state index in [2.05, 4.69) is 52.3 Å². The highest BCUT2D eigenvalue weighted by Crippen LogP contribution is 2.39. The molecule has 0 aromatic heterocycles. The van der Waals surface area contributed by atoms with Gasteiger partial charge in [0.15, 0.2) is 5.75 Å². The third-order valence-electron chi connectivity index (χ3n) is 3.14. The van der Waals surface area contributed by atoms with Gasteiger partial charge in [-0.25, -0.2) is 4.79 Å². The van der Waals surface area contributed by atoms with Crippen LogP contribution in [0.25, 0.3) is 0 Å². The predicted octanol–water partition coefficient (Wildman–Crippen LogP) is 4.01. The number of nitrogen functional groups attached to an aromatic ring is 1. The molecule has 0 amide bonds. The molecule has 0 heterocycles. The summed E-state index contributed by atoms with van der Waals surface area (Å²) in [6.07, 6.45) is -0.759. The number of ether oxygens (including phenoxy) is 2. The molecule has 112 valence electrons. The van der Waals surface area contributed by atoms with Gasteiger partial charge in [0, 0.05) is 5.56 Å². The van der Waals surface area contributed by atoms with Crippen molar-refractivity contribution in [2.75, 3.05) is 12.8 Å². The Morgan fingerprint density at radius 2 is 1.60 bits per heavy atom. The van der Waals surface area contributed by atoms with Crippen molar-refractivity contribution in [3.8, 4) is 5.75 Å². The van der Waals surface area contributed by atoms with Crippen LogP contribution in [0.4, 0.5) is 10.5 Å². The SMILES string of the molecule is COC(=O)Oc1c(N)cc(C(C)(C)C)cc1C(C)(C)C. The molecule has 0 spiro atoms. The van der Waals surface area contributed by atoms with Crippen molar-refractivity contribution in [3.05, 3.63) is 23.3 Å². The molecule has 1 aromatic rings. The molecule has 4 heteroatoms. The molecular weight excluding hydrogens is 254 g/mol. The Labute approximate surface area is 121 Å². The average molecular weight is 279 g/mol. The van der Waals surface area contributed by atoms with Crippen LogP contribution >= 0.6 is 0 Å². The molecule has 1 rings (SSSR count). The molecule has 0 atom stereocenters. The van der Waals surface area contributed by atoms with Crippen LogP contribution in [0.2, 0.25) is 0 Å². The van der Waals surface area contributed by atoms with Gasteiger partial charge in [0.2, 0.25) is 0 Å². The summed E-state index contributed by atoms with van der Waals surface area (Å²) in [5.74, 6) is 0.386. The van der Waals surface area contributed by atoms with E-state index < -0.39 is 6.16 Å². The van der Waals surface area contributed by atoms with Gasteiger partial charge >= 0.3 is 6.16 Å². The van der Waals surface area contributed by atoms with E-state index in [1.165, 1.54) is 7.11 Å². The first kappa shape index (κ1) is 16.3. The number of nitrogens with two attached hydrogens (primary N) is 1. The van der Waals surface area contributed by atoms with Crippen LogP contribution in [0.1, 0.15) is 52.7 Å². The first-order valence-corrected chi connectivity index (χ1v) is 6.67. The molecule has 0 bridgehead atoms. The number of anilines is 1. The molecule has 2 N–H and O–H groups in total. The number of carbonyl (C=O) groups excluding carboxylic acids is 1. The normalized spacial score (nSPS) is 12.2. The summed E-state index contributed by atoms with van der Waals surface area (Å²) in [7, 11) is 1.28. The van der Waals surface area contributed by atoms with Gasteiger partial charge in [-0.3, -0.25) is 0 Å². The maximum absolute atomic E-state index is 11.4. The summed E-state index contributed by atoms with van der Waals surface area (Å²) in [6, 6.07) is 3.90. The van der Waals surface area contributed by atoms with E-state index in [1.807, 2.05) is 6.07 Å².